The van der Waals surface area contributed by atoms with Crippen LogP contribution in [0.3, 0.4) is 0 Å². The van der Waals surface area contributed by atoms with Gasteiger partial charge in [0.2, 0.25) is 0 Å². The highest BCUT2D eigenvalue weighted by Gasteiger charge is 2.59. The Morgan fingerprint density at radius 3 is 2.36 bits per heavy atom. The second-order valence-corrected chi connectivity index (χ2v) is 9.59. The van der Waals surface area contributed by atoms with Crippen LogP contribution in [-0.2, 0) is 0 Å². The minimum absolute atomic E-state index is 0.0336. The molecule has 0 aromatic rings. The highest BCUT2D eigenvalue weighted by atomic mass is 16.3. The molecule has 4 rings (SSSR count). The van der Waals surface area contributed by atoms with E-state index >= 15 is 0 Å². The molecule has 0 bridgehead atoms. The molecule has 0 aromatic carbocycles. The molecule has 0 amide bonds. The van der Waals surface area contributed by atoms with Crippen molar-refractivity contribution in [3.05, 3.63) is 0 Å². The van der Waals surface area contributed by atoms with Gasteiger partial charge in [-0.2, -0.15) is 0 Å². The van der Waals surface area contributed by atoms with Gasteiger partial charge in [0.1, 0.15) is 0 Å². The maximum absolute atomic E-state index is 10.1. The van der Waals surface area contributed by atoms with E-state index in [1.165, 1.54) is 44.9 Å². The fourth-order valence-corrected chi connectivity index (χ4v) is 7.64. The van der Waals surface area contributed by atoms with Crippen molar-refractivity contribution < 1.29 is 10.2 Å². The number of hydrogen-bond acceptors (Lipinski definition) is 2. The lowest BCUT2D eigenvalue weighted by Gasteiger charge is -2.61. The zero-order valence-corrected chi connectivity index (χ0v) is 14.4. The van der Waals surface area contributed by atoms with Gasteiger partial charge in [0.25, 0.3) is 0 Å². The van der Waals surface area contributed by atoms with Gasteiger partial charge in [0, 0.05) is 6.61 Å². The molecule has 8 atom stereocenters. The van der Waals surface area contributed by atoms with E-state index in [-0.39, 0.29) is 6.10 Å². The first kappa shape index (κ1) is 15.4. The summed E-state index contributed by atoms with van der Waals surface area (Å²) >= 11 is 0. The molecular weight excluding hydrogens is 272 g/mol. The molecule has 2 heteroatoms. The molecule has 2 N–H and O–H groups in total. The number of hydrogen-bond donors (Lipinski definition) is 2. The Bertz CT molecular complexity index is 435. The van der Waals surface area contributed by atoms with Gasteiger partial charge in [0.05, 0.1) is 6.10 Å². The molecule has 0 radical (unpaired) electrons. The van der Waals surface area contributed by atoms with Crippen molar-refractivity contribution in [3.63, 3.8) is 0 Å². The standard InChI is InChI=1S/C20H34O2/c1-19-9-7-15(22)11-13(19)3-5-16-17-6-4-14(12-21)20(17,2)10-8-18(16)19/h13-18,21-22H,3-12H2,1-2H3/t13-,14+,15+,16-,17-,18-,19-,20+/m0/s1. The molecule has 0 heterocycles. The first-order valence-electron chi connectivity index (χ1n) is 9.78. The average molecular weight is 306 g/mol. The molecule has 4 aliphatic carbocycles. The van der Waals surface area contributed by atoms with Crippen molar-refractivity contribution >= 4 is 0 Å². The fourth-order valence-electron chi connectivity index (χ4n) is 7.64. The minimum Gasteiger partial charge on any atom is -0.396 e. The van der Waals surface area contributed by atoms with Gasteiger partial charge in [-0.1, -0.05) is 13.8 Å². The van der Waals surface area contributed by atoms with E-state index in [2.05, 4.69) is 13.8 Å². The Kier molecular flexibility index (Phi) is 3.66. The van der Waals surface area contributed by atoms with Crippen molar-refractivity contribution in [3.8, 4) is 0 Å². The molecule has 0 aliphatic heterocycles. The number of rotatable bonds is 1. The summed E-state index contributed by atoms with van der Waals surface area (Å²) in [7, 11) is 0. The Balaban J connectivity index is 1.61. The zero-order valence-electron chi connectivity index (χ0n) is 14.4. The highest BCUT2D eigenvalue weighted by molar-refractivity contribution is 5.09. The van der Waals surface area contributed by atoms with E-state index in [9.17, 15) is 10.2 Å². The summed E-state index contributed by atoms with van der Waals surface area (Å²) in [4.78, 5) is 0. The summed E-state index contributed by atoms with van der Waals surface area (Å²) in [5.74, 6) is 3.95. The van der Waals surface area contributed by atoms with E-state index in [0.29, 0.717) is 23.4 Å². The summed E-state index contributed by atoms with van der Waals surface area (Å²) in [6.07, 6.45) is 11.3. The van der Waals surface area contributed by atoms with Crippen LogP contribution in [0.15, 0.2) is 0 Å². The number of aliphatic hydroxyl groups excluding tert-OH is 2. The summed E-state index contributed by atoms with van der Waals surface area (Å²) in [5.41, 5.74) is 0.897. The monoisotopic (exact) mass is 306 g/mol. The number of aliphatic hydroxyl groups is 2. The summed E-state index contributed by atoms with van der Waals surface area (Å²) in [6, 6.07) is 0. The third kappa shape index (κ3) is 1.99. The van der Waals surface area contributed by atoms with Gasteiger partial charge in [-0.05, 0) is 98.2 Å². The zero-order chi connectivity index (χ0) is 15.5. The second-order valence-electron chi connectivity index (χ2n) is 9.59. The van der Waals surface area contributed by atoms with Crippen LogP contribution in [0, 0.1) is 40.4 Å². The lowest BCUT2D eigenvalue weighted by molar-refractivity contribution is -0.128. The van der Waals surface area contributed by atoms with E-state index in [0.717, 1.165) is 36.5 Å². The van der Waals surface area contributed by atoms with Crippen molar-refractivity contribution in [1.29, 1.82) is 0 Å². The van der Waals surface area contributed by atoms with Crippen LogP contribution in [-0.4, -0.2) is 22.9 Å². The SMILES string of the molecule is C[C@]12CC[C@@H](O)C[C@@H]1CC[C@@H]1[C@@H]2CC[C@]2(C)[C@@H](CO)CC[C@@H]12. The Morgan fingerprint density at radius 1 is 0.864 bits per heavy atom. The van der Waals surface area contributed by atoms with E-state index in [1.807, 2.05) is 0 Å². The minimum atomic E-state index is -0.0336. The average Bonchev–Trinajstić information content (AvgIpc) is 2.84. The van der Waals surface area contributed by atoms with Gasteiger partial charge in [-0.25, -0.2) is 0 Å². The fraction of sp³-hybridized carbons (Fsp3) is 1.00. The van der Waals surface area contributed by atoms with Gasteiger partial charge in [-0.15, -0.1) is 0 Å². The Hall–Kier alpha value is -0.0800. The molecule has 0 aromatic heterocycles. The molecule has 0 unspecified atom stereocenters. The molecule has 4 saturated carbocycles. The molecule has 2 nitrogen and oxygen atoms in total. The molecule has 4 aliphatic rings. The van der Waals surface area contributed by atoms with Crippen LogP contribution >= 0.6 is 0 Å². The lowest BCUT2D eigenvalue weighted by atomic mass is 9.44. The van der Waals surface area contributed by atoms with Gasteiger partial charge >= 0.3 is 0 Å². The summed E-state index contributed by atoms with van der Waals surface area (Å²) in [6.45, 7) is 5.44. The van der Waals surface area contributed by atoms with Crippen LogP contribution < -0.4 is 0 Å². The largest absolute Gasteiger partial charge is 0.396 e. The topological polar surface area (TPSA) is 40.5 Å². The molecular formula is C20H34O2. The third-order valence-corrected chi connectivity index (χ3v) is 9.05. The van der Waals surface area contributed by atoms with E-state index in [4.69, 9.17) is 0 Å². The van der Waals surface area contributed by atoms with E-state index < -0.39 is 0 Å². The summed E-state index contributed by atoms with van der Waals surface area (Å²) in [5, 5.41) is 19.9. The summed E-state index contributed by atoms with van der Waals surface area (Å²) < 4.78 is 0. The third-order valence-electron chi connectivity index (χ3n) is 9.05. The van der Waals surface area contributed by atoms with Crippen molar-refractivity contribution in [2.75, 3.05) is 6.61 Å². The maximum Gasteiger partial charge on any atom is 0.0543 e. The second kappa shape index (κ2) is 5.21. The van der Waals surface area contributed by atoms with Crippen molar-refractivity contribution in [2.45, 2.75) is 77.7 Å². The molecule has 22 heavy (non-hydrogen) atoms. The maximum atomic E-state index is 10.1. The lowest BCUT2D eigenvalue weighted by Crippen LogP contribution is -2.54. The molecule has 126 valence electrons. The predicted octanol–water partition coefficient (Wildman–Crippen LogP) is 4.00. The van der Waals surface area contributed by atoms with Crippen molar-refractivity contribution in [2.24, 2.45) is 40.4 Å². The highest BCUT2D eigenvalue weighted by Crippen LogP contribution is 2.67. The van der Waals surface area contributed by atoms with Crippen LogP contribution in [0.25, 0.3) is 0 Å². The first-order chi connectivity index (χ1) is 10.5. The molecule has 0 spiro atoms. The van der Waals surface area contributed by atoms with Crippen LogP contribution in [0.2, 0.25) is 0 Å². The normalized spacial score (nSPS) is 57.8. The number of fused-ring (bicyclic) bond motifs is 5. The van der Waals surface area contributed by atoms with Crippen LogP contribution in [0.1, 0.15) is 71.6 Å². The van der Waals surface area contributed by atoms with Gasteiger partial charge in [-0.3, -0.25) is 0 Å². The van der Waals surface area contributed by atoms with E-state index in [1.54, 1.807) is 0 Å². The van der Waals surface area contributed by atoms with Gasteiger partial charge in [0.15, 0.2) is 0 Å². The van der Waals surface area contributed by atoms with Crippen LogP contribution in [0.5, 0.6) is 0 Å². The first-order valence-corrected chi connectivity index (χ1v) is 9.78. The molecule has 4 fully saturated rings. The smallest absolute Gasteiger partial charge is 0.0543 e. The predicted molar refractivity (Wildman–Crippen MR) is 88.3 cm³/mol. The Labute approximate surface area is 135 Å². The molecule has 0 saturated heterocycles. The quantitative estimate of drug-likeness (QED) is 0.769. The van der Waals surface area contributed by atoms with Crippen molar-refractivity contribution in [1.82, 2.24) is 0 Å². The van der Waals surface area contributed by atoms with Crippen LogP contribution in [0.4, 0.5) is 0 Å². The van der Waals surface area contributed by atoms with Gasteiger partial charge < -0.3 is 10.2 Å². The Morgan fingerprint density at radius 2 is 1.59 bits per heavy atom.